The van der Waals surface area contributed by atoms with Gasteiger partial charge in [-0.3, -0.25) is 4.90 Å². The van der Waals surface area contributed by atoms with E-state index in [0.29, 0.717) is 5.75 Å². The van der Waals surface area contributed by atoms with Gasteiger partial charge < -0.3 is 14.8 Å². The Morgan fingerprint density at radius 1 is 1.17 bits per heavy atom. The van der Waals surface area contributed by atoms with Gasteiger partial charge in [-0.05, 0) is 12.5 Å². The number of anilines is 1. The van der Waals surface area contributed by atoms with Crippen molar-refractivity contribution in [3.8, 4) is 11.5 Å². The lowest BCUT2D eigenvalue weighted by Crippen LogP contribution is -2.32. The molecule has 1 aromatic carbocycles. The highest BCUT2D eigenvalue weighted by atomic mass is 16.5. The van der Waals surface area contributed by atoms with Gasteiger partial charge in [-0.2, -0.15) is 0 Å². The summed E-state index contributed by atoms with van der Waals surface area (Å²) in [5.74, 6) is 2.22. The van der Waals surface area contributed by atoms with Gasteiger partial charge in [0.05, 0.1) is 19.6 Å². The largest absolute Gasteiger partial charge is 0.497 e. The number of hydrogen-bond acceptors (Lipinski definition) is 6. The number of aromatic nitrogens is 2. The molecule has 0 bridgehead atoms. The van der Waals surface area contributed by atoms with Crippen molar-refractivity contribution >= 4 is 16.7 Å². The molecule has 3 rings (SSSR count). The third kappa shape index (κ3) is 3.53. The van der Waals surface area contributed by atoms with Crippen LogP contribution >= 0.6 is 0 Å². The molecular weight excluding hydrogens is 292 g/mol. The van der Waals surface area contributed by atoms with E-state index in [4.69, 9.17) is 9.47 Å². The third-order valence-corrected chi connectivity index (χ3v) is 4.00. The Kier molecular flexibility index (Phi) is 4.92. The summed E-state index contributed by atoms with van der Waals surface area (Å²) in [5.41, 5.74) is 0.784. The lowest BCUT2D eigenvalue weighted by molar-refractivity contribution is 0.310. The summed E-state index contributed by atoms with van der Waals surface area (Å²) in [4.78, 5) is 11.1. The van der Waals surface area contributed by atoms with Crippen molar-refractivity contribution < 1.29 is 9.47 Å². The van der Waals surface area contributed by atoms with Crippen LogP contribution in [0.4, 0.5) is 5.82 Å². The summed E-state index contributed by atoms with van der Waals surface area (Å²) in [5, 5.41) is 4.31. The summed E-state index contributed by atoms with van der Waals surface area (Å²) in [6, 6.07) is 3.77. The molecule has 2 aromatic rings. The lowest BCUT2D eigenvalue weighted by Gasteiger charge is -2.23. The van der Waals surface area contributed by atoms with E-state index >= 15 is 0 Å². The molecule has 1 N–H and O–H groups in total. The fourth-order valence-corrected chi connectivity index (χ4v) is 2.75. The van der Waals surface area contributed by atoms with E-state index in [2.05, 4.69) is 32.3 Å². The van der Waals surface area contributed by atoms with E-state index < -0.39 is 0 Å². The van der Waals surface area contributed by atoms with Crippen molar-refractivity contribution in [2.24, 2.45) is 0 Å². The molecule has 6 heteroatoms. The Balaban J connectivity index is 1.78. The van der Waals surface area contributed by atoms with Gasteiger partial charge in [0.25, 0.3) is 0 Å². The Labute approximate surface area is 136 Å². The minimum atomic E-state index is 0.686. The third-order valence-electron chi connectivity index (χ3n) is 4.00. The van der Waals surface area contributed by atoms with Crippen LogP contribution in [0.5, 0.6) is 11.5 Å². The molecule has 0 aliphatic carbocycles. The Hall–Kier alpha value is -2.34. The number of hydrogen-bond donors (Lipinski definition) is 1. The van der Waals surface area contributed by atoms with Crippen LogP contribution in [0.3, 0.4) is 0 Å². The number of nitrogens with zero attached hydrogens (tertiary/aromatic N) is 3. The van der Waals surface area contributed by atoms with Gasteiger partial charge in [0.1, 0.15) is 29.2 Å². The lowest BCUT2D eigenvalue weighted by atomic mass is 10.2. The second kappa shape index (κ2) is 7.28. The molecule has 0 spiro atoms. The SMILES string of the molecule is COc1cc(OC)c2ncnc(NCCN3CC=CCC3)c2c1. The molecule has 0 fully saturated rings. The van der Waals surface area contributed by atoms with E-state index in [1.807, 2.05) is 12.1 Å². The minimum absolute atomic E-state index is 0.686. The van der Waals surface area contributed by atoms with Crippen LogP contribution in [-0.2, 0) is 0 Å². The fourth-order valence-electron chi connectivity index (χ4n) is 2.75. The first-order valence-corrected chi connectivity index (χ1v) is 7.80. The summed E-state index contributed by atoms with van der Waals surface area (Å²) in [6.07, 6.45) is 7.15. The number of benzene rings is 1. The van der Waals surface area contributed by atoms with Crippen LogP contribution in [-0.4, -0.2) is 55.3 Å². The van der Waals surface area contributed by atoms with E-state index in [9.17, 15) is 0 Å². The summed E-state index contributed by atoms with van der Waals surface area (Å²) in [7, 11) is 3.27. The van der Waals surface area contributed by atoms with Crippen molar-refractivity contribution in [1.82, 2.24) is 14.9 Å². The average molecular weight is 314 g/mol. The van der Waals surface area contributed by atoms with E-state index in [1.165, 1.54) is 0 Å². The van der Waals surface area contributed by atoms with Gasteiger partial charge in [-0.15, -0.1) is 0 Å². The Morgan fingerprint density at radius 3 is 2.83 bits per heavy atom. The first-order valence-electron chi connectivity index (χ1n) is 7.80. The first-order chi connectivity index (χ1) is 11.3. The van der Waals surface area contributed by atoms with Gasteiger partial charge in [-0.1, -0.05) is 12.2 Å². The molecule has 1 aliphatic rings. The zero-order chi connectivity index (χ0) is 16.1. The quantitative estimate of drug-likeness (QED) is 0.826. The summed E-state index contributed by atoms with van der Waals surface area (Å²) < 4.78 is 10.8. The van der Waals surface area contributed by atoms with Crippen molar-refractivity contribution in [2.45, 2.75) is 6.42 Å². The highest BCUT2D eigenvalue weighted by molar-refractivity contribution is 5.94. The number of fused-ring (bicyclic) bond motifs is 1. The molecule has 0 saturated heterocycles. The van der Waals surface area contributed by atoms with E-state index in [0.717, 1.165) is 55.1 Å². The number of nitrogens with one attached hydrogen (secondary N) is 1. The first kappa shape index (κ1) is 15.6. The molecule has 1 aliphatic heterocycles. The van der Waals surface area contributed by atoms with Gasteiger partial charge in [0.15, 0.2) is 0 Å². The highest BCUT2D eigenvalue weighted by Gasteiger charge is 2.12. The number of rotatable bonds is 6. The topological polar surface area (TPSA) is 59.5 Å². The molecule has 23 heavy (non-hydrogen) atoms. The zero-order valence-corrected chi connectivity index (χ0v) is 13.6. The smallest absolute Gasteiger partial charge is 0.148 e. The van der Waals surface area contributed by atoms with E-state index in [-0.39, 0.29) is 0 Å². The van der Waals surface area contributed by atoms with Gasteiger partial charge in [0, 0.05) is 32.2 Å². The van der Waals surface area contributed by atoms with Gasteiger partial charge in [-0.25, -0.2) is 9.97 Å². The summed E-state index contributed by atoms with van der Waals surface area (Å²) >= 11 is 0. The van der Waals surface area contributed by atoms with Crippen molar-refractivity contribution in [3.05, 3.63) is 30.6 Å². The Bertz CT molecular complexity index is 702. The van der Waals surface area contributed by atoms with Crippen LogP contribution in [0.2, 0.25) is 0 Å². The summed E-state index contributed by atoms with van der Waals surface area (Å²) in [6.45, 7) is 3.95. The fraction of sp³-hybridized carbons (Fsp3) is 0.412. The number of methoxy groups -OCH3 is 2. The second-order valence-corrected chi connectivity index (χ2v) is 5.44. The van der Waals surface area contributed by atoms with Gasteiger partial charge >= 0.3 is 0 Å². The van der Waals surface area contributed by atoms with Crippen molar-refractivity contribution in [3.63, 3.8) is 0 Å². The second-order valence-electron chi connectivity index (χ2n) is 5.44. The van der Waals surface area contributed by atoms with Crippen LogP contribution in [0.15, 0.2) is 30.6 Å². The molecule has 6 nitrogen and oxygen atoms in total. The standard InChI is InChI=1S/C17H22N4O2/c1-22-13-10-14-16(15(11-13)23-2)19-12-20-17(14)18-6-9-21-7-4-3-5-8-21/h3-4,10-12H,5-9H2,1-2H3,(H,18,19,20). The molecule has 122 valence electrons. The maximum atomic E-state index is 5.41. The maximum Gasteiger partial charge on any atom is 0.148 e. The Morgan fingerprint density at radius 2 is 2.09 bits per heavy atom. The van der Waals surface area contributed by atoms with Crippen LogP contribution in [0, 0.1) is 0 Å². The molecule has 0 atom stereocenters. The highest BCUT2D eigenvalue weighted by Crippen LogP contribution is 2.32. The van der Waals surface area contributed by atoms with Crippen LogP contribution in [0.1, 0.15) is 6.42 Å². The predicted molar refractivity (Wildman–Crippen MR) is 91.3 cm³/mol. The van der Waals surface area contributed by atoms with E-state index in [1.54, 1.807) is 20.5 Å². The molecule has 0 amide bonds. The molecular formula is C17H22N4O2. The predicted octanol–water partition coefficient (Wildman–Crippen LogP) is 2.32. The molecule has 1 aromatic heterocycles. The normalized spacial score (nSPS) is 14.9. The minimum Gasteiger partial charge on any atom is -0.497 e. The van der Waals surface area contributed by atoms with Crippen molar-refractivity contribution in [2.75, 3.05) is 45.7 Å². The van der Waals surface area contributed by atoms with Crippen LogP contribution < -0.4 is 14.8 Å². The van der Waals surface area contributed by atoms with Gasteiger partial charge in [0.2, 0.25) is 0 Å². The zero-order valence-electron chi connectivity index (χ0n) is 13.6. The average Bonchev–Trinajstić information content (AvgIpc) is 2.62. The van der Waals surface area contributed by atoms with Crippen LogP contribution in [0.25, 0.3) is 10.9 Å². The molecule has 0 radical (unpaired) electrons. The molecule has 0 unspecified atom stereocenters. The number of ether oxygens (including phenoxy) is 2. The maximum absolute atomic E-state index is 5.41. The van der Waals surface area contributed by atoms with Crippen molar-refractivity contribution in [1.29, 1.82) is 0 Å². The monoisotopic (exact) mass is 314 g/mol. The molecule has 0 saturated carbocycles. The molecule has 2 heterocycles.